The van der Waals surface area contributed by atoms with E-state index in [-0.39, 0.29) is 0 Å². The van der Waals surface area contributed by atoms with Crippen LogP contribution in [-0.4, -0.2) is 5.75 Å². The fourth-order valence-corrected chi connectivity index (χ4v) is 2.21. The lowest BCUT2D eigenvalue weighted by molar-refractivity contribution is 0.306. The zero-order valence-electron chi connectivity index (χ0n) is 11.3. The lowest BCUT2D eigenvalue weighted by atomic mass is 10.0. The van der Waals surface area contributed by atoms with E-state index in [1.54, 1.807) is 0 Å². The molecule has 2 aromatic carbocycles. The van der Waals surface area contributed by atoms with E-state index in [1.807, 2.05) is 18.2 Å². The van der Waals surface area contributed by atoms with Crippen LogP contribution in [0.25, 0.3) is 0 Å². The molecule has 0 atom stereocenters. The van der Waals surface area contributed by atoms with E-state index in [9.17, 15) is 0 Å². The number of rotatable bonds is 6. The average Bonchev–Trinajstić information content (AvgIpc) is 2.45. The van der Waals surface area contributed by atoms with Gasteiger partial charge in [0.25, 0.3) is 0 Å². The van der Waals surface area contributed by atoms with Crippen LogP contribution >= 0.6 is 12.6 Å². The highest BCUT2D eigenvalue weighted by atomic mass is 32.1. The highest BCUT2D eigenvalue weighted by Crippen LogP contribution is 2.19. The van der Waals surface area contributed by atoms with E-state index in [1.165, 1.54) is 16.7 Å². The summed E-state index contributed by atoms with van der Waals surface area (Å²) < 4.78 is 5.82. The Kier molecular flexibility index (Phi) is 5.34. The third-order valence-electron chi connectivity index (χ3n) is 3.17. The van der Waals surface area contributed by atoms with Crippen molar-refractivity contribution in [3.8, 4) is 5.75 Å². The van der Waals surface area contributed by atoms with Crippen molar-refractivity contribution in [1.82, 2.24) is 0 Å². The molecule has 1 nitrogen and oxygen atoms in total. The third kappa shape index (κ3) is 4.32. The van der Waals surface area contributed by atoms with E-state index in [0.717, 1.165) is 24.3 Å². The standard InChI is InChI=1S/C17H20OS/c1-14-12-17(10-9-16(14)8-5-11-19)18-13-15-6-3-2-4-7-15/h2-4,6-7,9-10,12,19H,5,8,11,13H2,1H3. The molecular weight excluding hydrogens is 252 g/mol. The molecule has 0 amide bonds. The Balaban J connectivity index is 1.96. The zero-order valence-corrected chi connectivity index (χ0v) is 12.2. The minimum absolute atomic E-state index is 0.621. The highest BCUT2D eigenvalue weighted by molar-refractivity contribution is 7.80. The summed E-state index contributed by atoms with van der Waals surface area (Å²) in [5, 5.41) is 0. The topological polar surface area (TPSA) is 9.23 Å². The number of ether oxygens (including phenoxy) is 1. The van der Waals surface area contributed by atoms with Gasteiger partial charge >= 0.3 is 0 Å². The van der Waals surface area contributed by atoms with Crippen molar-refractivity contribution in [2.75, 3.05) is 5.75 Å². The summed E-state index contributed by atoms with van der Waals surface area (Å²) in [7, 11) is 0. The predicted octanol–water partition coefficient (Wildman–Crippen LogP) is 4.44. The van der Waals surface area contributed by atoms with Gasteiger partial charge in [-0.15, -0.1) is 0 Å². The average molecular weight is 272 g/mol. The lowest BCUT2D eigenvalue weighted by Crippen LogP contribution is -1.97. The Bertz CT molecular complexity index is 508. The van der Waals surface area contributed by atoms with Crippen LogP contribution < -0.4 is 4.74 Å². The molecular formula is C17H20OS. The summed E-state index contributed by atoms with van der Waals surface area (Å²) in [5.74, 6) is 1.88. The van der Waals surface area contributed by atoms with Crippen molar-refractivity contribution in [2.45, 2.75) is 26.4 Å². The molecule has 0 N–H and O–H groups in total. The summed E-state index contributed by atoms with van der Waals surface area (Å²) in [6.07, 6.45) is 2.21. The molecule has 0 saturated carbocycles. The molecule has 0 aliphatic rings. The van der Waals surface area contributed by atoms with Crippen LogP contribution in [-0.2, 0) is 13.0 Å². The Morgan fingerprint density at radius 3 is 2.53 bits per heavy atom. The fraction of sp³-hybridized carbons (Fsp3) is 0.294. The first kappa shape index (κ1) is 14.0. The van der Waals surface area contributed by atoms with Gasteiger partial charge in [0.1, 0.15) is 12.4 Å². The van der Waals surface area contributed by atoms with Crippen LogP contribution in [0.15, 0.2) is 48.5 Å². The van der Waals surface area contributed by atoms with Gasteiger partial charge < -0.3 is 4.74 Å². The minimum atomic E-state index is 0.621. The maximum Gasteiger partial charge on any atom is 0.120 e. The molecule has 0 saturated heterocycles. The number of thiol groups is 1. The normalized spacial score (nSPS) is 10.4. The van der Waals surface area contributed by atoms with Gasteiger partial charge in [-0.05, 0) is 54.3 Å². The van der Waals surface area contributed by atoms with Gasteiger partial charge in [0.2, 0.25) is 0 Å². The molecule has 0 aliphatic heterocycles. The van der Waals surface area contributed by atoms with Crippen LogP contribution in [0.4, 0.5) is 0 Å². The van der Waals surface area contributed by atoms with Crippen LogP contribution in [0.5, 0.6) is 5.75 Å². The second kappa shape index (κ2) is 7.25. The summed E-state index contributed by atoms with van der Waals surface area (Å²) in [6.45, 7) is 2.76. The van der Waals surface area contributed by atoms with Crippen molar-refractivity contribution in [1.29, 1.82) is 0 Å². The molecule has 100 valence electrons. The van der Waals surface area contributed by atoms with Crippen LogP contribution in [0.1, 0.15) is 23.1 Å². The van der Waals surface area contributed by atoms with Crippen LogP contribution in [0, 0.1) is 6.92 Å². The number of benzene rings is 2. The minimum Gasteiger partial charge on any atom is -0.489 e. The van der Waals surface area contributed by atoms with E-state index in [4.69, 9.17) is 4.74 Å². The molecule has 0 fully saturated rings. The second-order valence-corrected chi connectivity index (χ2v) is 5.14. The molecule has 2 heteroatoms. The molecule has 2 aromatic rings. The van der Waals surface area contributed by atoms with Gasteiger partial charge in [-0.1, -0.05) is 36.4 Å². The molecule has 0 spiro atoms. The van der Waals surface area contributed by atoms with Gasteiger partial charge in [-0.3, -0.25) is 0 Å². The monoisotopic (exact) mass is 272 g/mol. The molecule has 19 heavy (non-hydrogen) atoms. The van der Waals surface area contributed by atoms with Crippen molar-refractivity contribution in [3.05, 3.63) is 65.2 Å². The second-order valence-electron chi connectivity index (χ2n) is 4.69. The Morgan fingerprint density at radius 1 is 1.05 bits per heavy atom. The van der Waals surface area contributed by atoms with Crippen molar-refractivity contribution in [2.24, 2.45) is 0 Å². The largest absolute Gasteiger partial charge is 0.489 e. The van der Waals surface area contributed by atoms with Crippen molar-refractivity contribution >= 4 is 12.6 Å². The number of aryl methyl sites for hydroxylation is 2. The fourth-order valence-electron chi connectivity index (χ4n) is 2.05. The molecule has 0 heterocycles. The Labute approximate surface area is 121 Å². The SMILES string of the molecule is Cc1cc(OCc2ccccc2)ccc1CCCS. The number of hydrogen-bond acceptors (Lipinski definition) is 2. The highest BCUT2D eigenvalue weighted by Gasteiger charge is 2.01. The Morgan fingerprint density at radius 2 is 1.84 bits per heavy atom. The van der Waals surface area contributed by atoms with E-state index in [0.29, 0.717) is 6.61 Å². The third-order valence-corrected chi connectivity index (χ3v) is 3.48. The van der Waals surface area contributed by atoms with Gasteiger partial charge in [0, 0.05) is 0 Å². The lowest BCUT2D eigenvalue weighted by Gasteiger charge is -2.10. The van der Waals surface area contributed by atoms with Crippen LogP contribution in [0.2, 0.25) is 0 Å². The van der Waals surface area contributed by atoms with Gasteiger partial charge in [0.05, 0.1) is 0 Å². The maximum absolute atomic E-state index is 5.82. The maximum atomic E-state index is 5.82. The van der Waals surface area contributed by atoms with Crippen molar-refractivity contribution < 1.29 is 4.74 Å². The smallest absolute Gasteiger partial charge is 0.120 e. The molecule has 0 radical (unpaired) electrons. The Hall–Kier alpha value is -1.41. The first-order chi connectivity index (χ1) is 9.29. The molecule has 0 aliphatic carbocycles. The predicted molar refractivity (Wildman–Crippen MR) is 84.1 cm³/mol. The number of hydrogen-bond donors (Lipinski definition) is 1. The van der Waals surface area contributed by atoms with E-state index >= 15 is 0 Å². The molecule has 0 aromatic heterocycles. The van der Waals surface area contributed by atoms with Gasteiger partial charge in [-0.25, -0.2) is 0 Å². The van der Waals surface area contributed by atoms with Crippen LogP contribution in [0.3, 0.4) is 0 Å². The molecule has 2 rings (SSSR count). The zero-order chi connectivity index (χ0) is 13.5. The summed E-state index contributed by atoms with van der Waals surface area (Å²) in [5.41, 5.74) is 3.88. The van der Waals surface area contributed by atoms with E-state index < -0.39 is 0 Å². The van der Waals surface area contributed by atoms with E-state index in [2.05, 4.69) is 49.9 Å². The molecule has 0 unspecified atom stereocenters. The quantitative estimate of drug-likeness (QED) is 0.765. The van der Waals surface area contributed by atoms with Gasteiger partial charge in [0.15, 0.2) is 0 Å². The summed E-state index contributed by atoms with van der Waals surface area (Å²) in [4.78, 5) is 0. The summed E-state index contributed by atoms with van der Waals surface area (Å²) in [6, 6.07) is 16.6. The summed E-state index contributed by atoms with van der Waals surface area (Å²) >= 11 is 4.25. The van der Waals surface area contributed by atoms with Crippen molar-refractivity contribution in [3.63, 3.8) is 0 Å². The molecule has 0 bridgehead atoms. The first-order valence-electron chi connectivity index (χ1n) is 6.66. The first-order valence-corrected chi connectivity index (χ1v) is 7.30. The van der Waals surface area contributed by atoms with Gasteiger partial charge in [-0.2, -0.15) is 12.6 Å².